The molecule has 0 bridgehead atoms. The highest BCUT2D eigenvalue weighted by atomic mass is 16.2. The summed E-state index contributed by atoms with van der Waals surface area (Å²) in [7, 11) is 0. The number of hydrogen-bond acceptors (Lipinski definition) is 0. The summed E-state index contributed by atoms with van der Waals surface area (Å²) in [5, 5.41) is 10.5. The fourth-order valence-corrected chi connectivity index (χ4v) is 1.11. The lowest BCUT2D eigenvalue weighted by molar-refractivity contribution is 0.344. The van der Waals surface area contributed by atoms with Crippen LogP contribution in [-0.4, -0.2) is 0 Å². The van der Waals surface area contributed by atoms with Crippen LogP contribution in [0.4, 0.5) is 0 Å². The molecule has 1 rings (SSSR count). The van der Waals surface area contributed by atoms with Crippen LogP contribution in [0.5, 0.6) is 0 Å². The van der Waals surface area contributed by atoms with Crippen molar-refractivity contribution in [2.45, 2.75) is 19.8 Å². The highest BCUT2D eigenvalue weighted by Crippen LogP contribution is 2.09. The minimum atomic E-state index is 0.792. The number of benzene rings is 1. The second-order valence-corrected chi connectivity index (χ2v) is 2.79. The van der Waals surface area contributed by atoms with Crippen LogP contribution < -0.4 is 0 Å². The Hall–Kier alpha value is -1.24. The number of rotatable bonds is 3. The molecule has 0 N–H and O–H groups in total. The maximum Gasteiger partial charge on any atom is 0.142 e. The molecule has 0 saturated carbocycles. The van der Waals surface area contributed by atoms with Gasteiger partial charge in [-0.1, -0.05) is 37.3 Å². The molecule has 0 aliphatic rings. The predicted octanol–water partition coefficient (Wildman–Crippen LogP) is 2.95. The maximum atomic E-state index is 10.5. The lowest BCUT2D eigenvalue weighted by Gasteiger charge is -2.01. The van der Waals surface area contributed by atoms with E-state index in [-0.39, 0.29) is 0 Å². The van der Waals surface area contributed by atoms with Crippen LogP contribution in [0.25, 0.3) is 0 Å². The van der Waals surface area contributed by atoms with Gasteiger partial charge in [0.15, 0.2) is 0 Å². The van der Waals surface area contributed by atoms with Gasteiger partial charge in [-0.3, -0.25) is 5.11 Å². The zero-order valence-electron chi connectivity index (χ0n) is 7.29. The molecule has 63 valence electrons. The summed E-state index contributed by atoms with van der Waals surface area (Å²) in [4.78, 5) is 0. The van der Waals surface area contributed by atoms with Crippen molar-refractivity contribution in [3.63, 3.8) is 0 Å². The molecule has 0 aromatic heterocycles. The van der Waals surface area contributed by atoms with Crippen molar-refractivity contribution in [3.05, 3.63) is 47.7 Å². The molecule has 1 aromatic rings. The zero-order valence-corrected chi connectivity index (χ0v) is 7.29. The van der Waals surface area contributed by atoms with Crippen molar-refractivity contribution in [3.8, 4) is 0 Å². The average molecular weight is 161 g/mol. The minimum absolute atomic E-state index is 0.792. The van der Waals surface area contributed by atoms with E-state index in [1.165, 1.54) is 5.56 Å². The Morgan fingerprint density at radius 3 is 2.50 bits per heavy atom. The van der Waals surface area contributed by atoms with Crippen molar-refractivity contribution >= 4 is 0 Å². The summed E-state index contributed by atoms with van der Waals surface area (Å²) >= 11 is 0. The normalized spacial score (nSPS) is 11.6. The third kappa shape index (κ3) is 2.42. The van der Waals surface area contributed by atoms with Crippen LogP contribution in [0, 0.1) is 0 Å². The number of hydrogen-bond donors (Lipinski definition) is 0. The standard InChI is InChI=1S/C11H13O/c1-2-10(9-12)8-11-6-4-3-5-7-11/h3-7,9H,2,8H2,1H3/b10-9-. The van der Waals surface area contributed by atoms with Gasteiger partial charge < -0.3 is 0 Å². The molecule has 0 unspecified atom stereocenters. The van der Waals surface area contributed by atoms with E-state index in [0.717, 1.165) is 24.7 Å². The van der Waals surface area contributed by atoms with E-state index < -0.39 is 0 Å². The van der Waals surface area contributed by atoms with Gasteiger partial charge in [0.05, 0.1) is 0 Å². The summed E-state index contributed by atoms with van der Waals surface area (Å²) in [6.45, 7) is 2.01. The topological polar surface area (TPSA) is 19.9 Å². The molecule has 0 saturated heterocycles. The largest absolute Gasteiger partial charge is 0.299 e. The third-order valence-corrected chi connectivity index (χ3v) is 1.89. The molecule has 1 nitrogen and oxygen atoms in total. The van der Waals surface area contributed by atoms with E-state index in [4.69, 9.17) is 0 Å². The molecule has 0 atom stereocenters. The summed E-state index contributed by atoms with van der Waals surface area (Å²) in [6.07, 6.45) is 2.60. The molecule has 0 spiro atoms. The molecular formula is C11H13O. The summed E-state index contributed by atoms with van der Waals surface area (Å²) in [5.41, 5.74) is 2.17. The Balaban J connectivity index is 2.64. The van der Waals surface area contributed by atoms with E-state index in [0.29, 0.717) is 0 Å². The second kappa shape index (κ2) is 4.60. The summed E-state index contributed by atoms with van der Waals surface area (Å²) < 4.78 is 0. The molecule has 12 heavy (non-hydrogen) atoms. The zero-order chi connectivity index (χ0) is 8.81. The van der Waals surface area contributed by atoms with Crippen molar-refractivity contribution < 1.29 is 5.11 Å². The van der Waals surface area contributed by atoms with Gasteiger partial charge in [-0.2, -0.15) is 0 Å². The maximum absolute atomic E-state index is 10.5. The number of allylic oxidation sites excluding steroid dienone is 1. The van der Waals surface area contributed by atoms with Crippen LogP contribution >= 0.6 is 0 Å². The minimum Gasteiger partial charge on any atom is -0.299 e. The molecule has 0 fully saturated rings. The quantitative estimate of drug-likeness (QED) is 0.607. The molecule has 0 aliphatic carbocycles. The first kappa shape index (κ1) is 8.85. The van der Waals surface area contributed by atoms with Crippen LogP contribution in [0.15, 0.2) is 42.2 Å². The van der Waals surface area contributed by atoms with Gasteiger partial charge in [-0.15, -0.1) is 0 Å². The van der Waals surface area contributed by atoms with Gasteiger partial charge >= 0.3 is 0 Å². The van der Waals surface area contributed by atoms with Crippen molar-refractivity contribution in [1.82, 2.24) is 0 Å². The Morgan fingerprint density at radius 1 is 1.33 bits per heavy atom. The Labute approximate surface area is 73.4 Å². The monoisotopic (exact) mass is 161 g/mol. The van der Waals surface area contributed by atoms with Crippen molar-refractivity contribution in [2.24, 2.45) is 0 Å². The van der Waals surface area contributed by atoms with E-state index in [9.17, 15) is 5.11 Å². The van der Waals surface area contributed by atoms with Crippen molar-refractivity contribution in [1.29, 1.82) is 0 Å². The van der Waals surface area contributed by atoms with Gasteiger partial charge in [0.1, 0.15) is 6.26 Å². The van der Waals surface area contributed by atoms with Gasteiger partial charge in [-0.05, 0) is 24.0 Å². The summed E-state index contributed by atoms with van der Waals surface area (Å²) in [5.74, 6) is 0. The van der Waals surface area contributed by atoms with Gasteiger partial charge in [0.25, 0.3) is 0 Å². The van der Waals surface area contributed by atoms with Crippen molar-refractivity contribution in [2.75, 3.05) is 0 Å². The van der Waals surface area contributed by atoms with Gasteiger partial charge in [-0.25, -0.2) is 0 Å². The summed E-state index contributed by atoms with van der Waals surface area (Å²) in [6, 6.07) is 10.1. The Bertz CT molecular complexity index is 249. The molecule has 0 amide bonds. The molecular weight excluding hydrogens is 148 g/mol. The van der Waals surface area contributed by atoms with Crippen LogP contribution in [0.2, 0.25) is 0 Å². The Morgan fingerprint density at radius 2 is 2.00 bits per heavy atom. The lowest BCUT2D eigenvalue weighted by atomic mass is 10.0. The molecule has 0 aliphatic heterocycles. The first-order valence-electron chi connectivity index (χ1n) is 4.20. The molecule has 1 aromatic carbocycles. The van der Waals surface area contributed by atoms with E-state index >= 15 is 0 Å². The van der Waals surface area contributed by atoms with E-state index in [2.05, 4.69) is 0 Å². The second-order valence-electron chi connectivity index (χ2n) is 2.79. The van der Waals surface area contributed by atoms with Crippen LogP contribution in [-0.2, 0) is 11.5 Å². The lowest BCUT2D eigenvalue weighted by Crippen LogP contribution is -1.88. The third-order valence-electron chi connectivity index (χ3n) is 1.89. The van der Waals surface area contributed by atoms with Gasteiger partial charge in [0, 0.05) is 0 Å². The smallest absolute Gasteiger partial charge is 0.142 e. The SMILES string of the molecule is CC/C(=C/[O])Cc1ccccc1. The Kier molecular flexibility index (Phi) is 3.39. The molecule has 1 radical (unpaired) electrons. The van der Waals surface area contributed by atoms with Crippen LogP contribution in [0.1, 0.15) is 18.9 Å². The first-order chi connectivity index (χ1) is 5.86. The van der Waals surface area contributed by atoms with E-state index in [1.807, 2.05) is 37.3 Å². The highest BCUT2D eigenvalue weighted by Gasteiger charge is 1.96. The highest BCUT2D eigenvalue weighted by molar-refractivity contribution is 5.20. The fourth-order valence-electron chi connectivity index (χ4n) is 1.11. The molecule has 0 heterocycles. The predicted molar refractivity (Wildman–Crippen MR) is 49.2 cm³/mol. The first-order valence-corrected chi connectivity index (χ1v) is 4.20. The van der Waals surface area contributed by atoms with Gasteiger partial charge in [0.2, 0.25) is 0 Å². The molecule has 1 heteroatoms. The van der Waals surface area contributed by atoms with Crippen LogP contribution in [0.3, 0.4) is 0 Å². The fraction of sp³-hybridized carbons (Fsp3) is 0.273. The van der Waals surface area contributed by atoms with E-state index in [1.54, 1.807) is 0 Å². The average Bonchev–Trinajstić information content (AvgIpc) is 2.16.